The van der Waals surface area contributed by atoms with Crippen LogP contribution < -0.4 is 5.32 Å². The third-order valence-corrected chi connectivity index (χ3v) is 7.13. The Bertz CT molecular complexity index is 1050. The van der Waals surface area contributed by atoms with Crippen molar-refractivity contribution < 1.29 is 29.0 Å². The van der Waals surface area contributed by atoms with Crippen molar-refractivity contribution in [2.24, 2.45) is 0 Å². The second-order valence-electron chi connectivity index (χ2n) is 9.15. The number of hydrogen-bond acceptors (Lipinski definition) is 5. The quantitative estimate of drug-likeness (QED) is 0.596. The summed E-state index contributed by atoms with van der Waals surface area (Å²) in [6.07, 6.45) is 1.31. The van der Waals surface area contributed by atoms with Gasteiger partial charge in [-0.05, 0) is 47.9 Å². The van der Waals surface area contributed by atoms with E-state index in [1.54, 1.807) is 6.92 Å². The molecule has 0 aromatic heterocycles. The van der Waals surface area contributed by atoms with Gasteiger partial charge in [0, 0.05) is 19.6 Å². The molecule has 2 aromatic carbocycles. The maximum Gasteiger partial charge on any atom is 0.407 e. The number of hydrogen-bond donors (Lipinski definition) is 2. The van der Waals surface area contributed by atoms with E-state index >= 15 is 0 Å². The van der Waals surface area contributed by atoms with Gasteiger partial charge < -0.3 is 24.8 Å². The fourth-order valence-electron chi connectivity index (χ4n) is 5.34. The number of nitrogens with one attached hydrogen (secondary N) is 1. The van der Waals surface area contributed by atoms with Crippen LogP contribution in [0.1, 0.15) is 49.7 Å². The van der Waals surface area contributed by atoms with Crippen LogP contribution in [0.15, 0.2) is 48.5 Å². The maximum atomic E-state index is 13.4. The lowest BCUT2D eigenvalue weighted by molar-refractivity contribution is -0.168. The monoisotopic (exact) mass is 480 g/mol. The molecule has 1 aliphatic carbocycles. The van der Waals surface area contributed by atoms with Crippen LogP contribution in [0.3, 0.4) is 0 Å². The van der Waals surface area contributed by atoms with Gasteiger partial charge in [-0.15, -0.1) is 0 Å². The zero-order valence-electron chi connectivity index (χ0n) is 20.2. The molecule has 8 nitrogen and oxygen atoms in total. The summed E-state index contributed by atoms with van der Waals surface area (Å²) in [5.41, 5.74) is 3.03. The molecule has 1 unspecified atom stereocenters. The normalized spacial score (nSPS) is 20.0. The average Bonchev–Trinajstić information content (AvgIpc) is 3.19. The highest BCUT2D eigenvalue weighted by Gasteiger charge is 2.49. The molecule has 2 N–H and O–H groups in total. The van der Waals surface area contributed by atoms with Crippen LogP contribution in [-0.2, 0) is 19.1 Å². The molecule has 1 heterocycles. The first-order valence-electron chi connectivity index (χ1n) is 12.1. The Morgan fingerprint density at radius 3 is 2.29 bits per heavy atom. The number of likely N-dealkylation sites (tertiary alicyclic amines) is 1. The molecule has 1 fully saturated rings. The van der Waals surface area contributed by atoms with Gasteiger partial charge in [-0.2, -0.15) is 0 Å². The van der Waals surface area contributed by atoms with Crippen LogP contribution in [0.4, 0.5) is 4.79 Å². The van der Waals surface area contributed by atoms with E-state index in [0.717, 1.165) is 22.3 Å². The summed E-state index contributed by atoms with van der Waals surface area (Å²) >= 11 is 0. The predicted molar refractivity (Wildman–Crippen MR) is 130 cm³/mol. The minimum atomic E-state index is -1.43. The van der Waals surface area contributed by atoms with Crippen molar-refractivity contribution in [3.63, 3.8) is 0 Å². The van der Waals surface area contributed by atoms with Gasteiger partial charge in [0.25, 0.3) is 0 Å². The smallest absolute Gasteiger partial charge is 0.407 e. The average molecular weight is 481 g/mol. The molecule has 2 atom stereocenters. The maximum absolute atomic E-state index is 13.4. The Hall–Kier alpha value is -3.39. The van der Waals surface area contributed by atoms with Gasteiger partial charge >= 0.3 is 12.1 Å². The van der Waals surface area contributed by atoms with E-state index in [1.807, 2.05) is 36.4 Å². The summed E-state index contributed by atoms with van der Waals surface area (Å²) in [4.78, 5) is 39.7. The number of carbonyl (C=O) groups is 3. The highest BCUT2D eigenvalue weighted by Crippen LogP contribution is 2.44. The van der Waals surface area contributed by atoms with Gasteiger partial charge in [0.1, 0.15) is 12.6 Å². The molecular weight excluding hydrogens is 448 g/mol. The number of carbonyl (C=O) groups excluding carboxylic acids is 2. The molecule has 0 spiro atoms. The number of carboxylic acid groups (broad SMARTS) is 1. The number of methoxy groups -OCH3 is 1. The number of nitrogens with zero attached hydrogens (tertiary/aromatic N) is 1. The van der Waals surface area contributed by atoms with Gasteiger partial charge in [0.15, 0.2) is 5.54 Å². The third-order valence-electron chi connectivity index (χ3n) is 7.13. The lowest BCUT2D eigenvalue weighted by Gasteiger charge is -2.44. The highest BCUT2D eigenvalue weighted by molar-refractivity contribution is 5.91. The first-order valence-corrected chi connectivity index (χ1v) is 12.1. The van der Waals surface area contributed by atoms with Crippen molar-refractivity contribution in [3.8, 4) is 11.1 Å². The third kappa shape index (κ3) is 4.62. The van der Waals surface area contributed by atoms with Gasteiger partial charge in [0.05, 0.1) is 6.61 Å². The van der Waals surface area contributed by atoms with E-state index in [2.05, 4.69) is 17.4 Å². The molecule has 4 rings (SSSR count). The molecule has 1 saturated heterocycles. The Kier molecular flexibility index (Phi) is 7.40. The Labute approximate surface area is 205 Å². The summed E-state index contributed by atoms with van der Waals surface area (Å²) in [6, 6.07) is 15.2. The van der Waals surface area contributed by atoms with Crippen molar-refractivity contribution in [1.82, 2.24) is 10.2 Å². The molecule has 35 heavy (non-hydrogen) atoms. The fraction of sp³-hybridized carbons (Fsp3) is 0.444. The van der Waals surface area contributed by atoms with Gasteiger partial charge in [-0.1, -0.05) is 55.5 Å². The summed E-state index contributed by atoms with van der Waals surface area (Å²) in [7, 11) is 1.42. The number of rotatable bonds is 8. The lowest BCUT2D eigenvalue weighted by atomic mass is 9.86. The SMILES string of the molecule is CC[C@H](NC(=O)OCC1c2ccccc2-c2ccccc21)C(=O)N1CCCCC1(COC)C(=O)O. The molecule has 186 valence electrons. The number of carboxylic acids is 1. The highest BCUT2D eigenvalue weighted by atomic mass is 16.5. The summed E-state index contributed by atoms with van der Waals surface area (Å²) in [6.45, 7) is 2.11. The van der Waals surface area contributed by atoms with E-state index in [4.69, 9.17) is 9.47 Å². The van der Waals surface area contributed by atoms with Crippen molar-refractivity contribution in [2.45, 2.75) is 50.1 Å². The van der Waals surface area contributed by atoms with Crippen LogP contribution in [0.25, 0.3) is 11.1 Å². The number of benzene rings is 2. The van der Waals surface area contributed by atoms with Crippen molar-refractivity contribution >= 4 is 18.0 Å². The zero-order chi connectivity index (χ0) is 25.0. The topological polar surface area (TPSA) is 105 Å². The first-order chi connectivity index (χ1) is 16.9. The van der Waals surface area contributed by atoms with E-state index in [-0.39, 0.29) is 19.1 Å². The number of amides is 2. The first kappa shape index (κ1) is 24.7. The van der Waals surface area contributed by atoms with Crippen molar-refractivity contribution in [2.75, 3.05) is 26.9 Å². The molecule has 0 radical (unpaired) electrons. The van der Waals surface area contributed by atoms with Crippen LogP contribution >= 0.6 is 0 Å². The zero-order valence-corrected chi connectivity index (χ0v) is 20.2. The van der Waals surface area contributed by atoms with Crippen molar-refractivity contribution in [3.05, 3.63) is 59.7 Å². The Morgan fingerprint density at radius 2 is 1.71 bits per heavy atom. The molecular formula is C27H32N2O6. The number of fused-ring (bicyclic) bond motifs is 3. The van der Waals surface area contributed by atoms with E-state index in [1.165, 1.54) is 12.0 Å². The fourth-order valence-corrected chi connectivity index (χ4v) is 5.34. The molecule has 2 amide bonds. The Morgan fingerprint density at radius 1 is 1.09 bits per heavy atom. The van der Waals surface area contributed by atoms with E-state index in [9.17, 15) is 19.5 Å². The molecule has 2 aliphatic rings. The second-order valence-corrected chi connectivity index (χ2v) is 9.15. The molecule has 2 aromatic rings. The number of piperidine rings is 1. The minimum Gasteiger partial charge on any atom is -0.479 e. The van der Waals surface area contributed by atoms with Crippen LogP contribution in [0.2, 0.25) is 0 Å². The van der Waals surface area contributed by atoms with Crippen LogP contribution in [-0.4, -0.2) is 66.4 Å². The summed E-state index contributed by atoms with van der Waals surface area (Å²) < 4.78 is 10.8. The van der Waals surface area contributed by atoms with E-state index in [0.29, 0.717) is 32.2 Å². The number of alkyl carbamates (subject to hydrolysis) is 1. The molecule has 1 aliphatic heterocycles. The predicted octanol–water partition coefficient (Wildman–Crippen LogP) is 3.79. The summed E-state index contributed by atoms with van der Waals surface area (Å²) in [5, 5.41) is 12.6. The van der Waals surface area contributed by atoms with E-state index < -0.39 is 29.6 Å². The molecule has 0 saturated carbocycles. The van der Waals surface area contributed by atoms with Crippen molar-refractivity contribution in [1.29, 1.82) is 0 Å². The van der Waals surface area contributed by atoms with Crippen LogP contribution in [0.5, 0.6) is 0 Å². The number of aliphatic carboxylic acids is 1. The largest absolute Gasteiger partial charge is 0.479 e. The Balaban J connectivity index is 1.45. The summed E-state index contributed by atoms with van der Waals surface area (Å²) in [5.74, 6) is -1.61. The second kappa shape index (κ2) is 10.5. The van der Waals surface area contributed by atoms with Gasteiger partial charge in [0.2, 0.25) is 5.91 Å². The van der Waals surface area contributed by atoms with Gasteiger partial charge in [-0.25, -0.2) is 9.59 Å². The standard InChI is InChI=1S/C27H32N2O6/c1-3-23(24(30)29-15-9-8-14-27(29,17-34-2)25(31)32)28-26(33)35-16-22-20-12-6-4-10-18(20)19-11-5-7-13-21(19)22/h4-7,10-13,22-23H,3,8-9,14-17H2,1-2H3,(H,28,33)(H,31,32)/t23-,27?/m0/s1. The van der Waals surface area contributed by atoms with Gasteiger partial charge in [-0.3, -0.25) is 4.79 Å². The minimum absolute atomic E-state index is 0.0904. The van der Waals surface area contributed by atoms with Crippen LogP contribution in [0, 0.1) is 0 Å². The molecule has 0 bridgehead atoms. The number of ether oxygens (including phenoxy) is 2. The molecule has 8 heteroatoms. The lowest BCUT2D eigenvalue weighted by Crippen LogP contribution is -2.65.